The Hall–Kier alpha value is -0.860. The van der Waals surface area contributed by atoms with E-state index in [1.807, 2.05) is 13.0 Å². The van der Waals surface area contributed by atoms with Gasteiger partial charge in [0.25, 0.3) is 5.91 Å². The van der Waals surface area contributed by atoms with Gasteiger partial charge in [0.1, 0.15) is 0 Å². The second-order valence-corrected chi connectivity index (χ2v) is 5.09. The van der Waals surface area contributed by atoms with E-state index >= 15 is 0 Å². The molecule has 0 aromatic heterocycles. The lowest BCUT2D eigenvalue weighted by Crippen LogP contribution is -2.48. The van der Waals surface area contributed by atoms with Gasteiger partial charge in [-0.15, -0.1) is 0 Å². The van der Waals surface area contributed by atoms with E-state index in [1.54, 1.807) is 24.3 Å². The Morgan fingerprint density at radius 3 is 2.29 bits per heavy atom. The number of alkyl halides is 2. The van der Waals surface area contributed by atoms with Crippen LogP contribution in [0.1, 0.15) is 22.8 Å². The molecule has 3 nitrogen and oxygen atoms in total. The van der Waals surface area contributed by atoms with Crippen molar-refractivity contribution in [3.63, 3.8) is 0 Å². The van der Waals surface area contributed by atoms with Crippen LogP contribution in [0.2, 0.25) is 0 Å². The number of nitrogens with zero attached hydrogens (tertiary/aromatic N) is 1. The number of nitriles is 1. The highest BCUT2D eigenvalue weighted by Gasteiger charge is 2.24. The van der Waals surface area contributed by atoms with Gasteiger partial charge in [0.2, 0.25) is 0 Å². The van der Waals surface area contributed by atoms with Crippen LogP contribution in [0.25, 0.3) is 0 Å². The number of benzene rings is 1. The molecule has 0 unspecified atom stereocenters. The van der Waals surface area contributed by atoms with Crippen molar-refractivity contribution in [2.45, 2.75) is 12.5 Å². The maximum atomic E-state index is 11.9. The van der Waals surface area contributed by atoms with Gasteiger partial charge in [-0.25, -0.2) is 0 Å². The van der Waals surface area contributed by atoms with Crippen molar-refractivity contribution < 1.29 is 4.79 Å². The lowest BCUT2D eigenvalue weighted by molar-refractivity contribution is 0.0923. The lowest BCUT2D eigenvalue weighted by atomic mass is 10.1. The molecule has 1 aromatic carbocycles. The molecule has 0 saturated heterocycles. The predicted octanol–water partition coefficient (Wildman–Crippen LogP) is 2.84. The van der Waals surface area contributed by atoms with E-state index in [1.165, 1.54) is 0 Å². The Morgan fingerprint density at radius 2 is 1.88 bits per heavy atom. The summed E-state index contributed by atoms with van der Waals surface area (Å²) in [4.78, 5) is 11.9. The molecule has 5 heteroatoms. The summed E-state index contributed by atoms with van der Waals surface area (Å²) in [5.41, 5.74) is 0.771. The number of carbonyl (C=O) groups is 1. The van der Waals surface area contributed by atoms with Crippen molar-refractivity contribution >= 4 is 37.8 Å². The minimum Gasteiger partial charge on any atom is -0.345 e. The summed E-state index contributed by atoms with van der Waals surface area (Å²) in [5.74, 6) is -0.143. The van der Waals surface area contributed by atoms with Gasteiger partial charge in [-0.2, -0.15) is 5.26 Å². The first-order valence-corrected chi connectivity index (χ1v) is 7.23. The Morgan fingerprint density at radius 1 is 1.35 bits per heavy atom. The second-order valence-electron chi connectivity index (χ2n) is 3.97. The van der Waals surface area contributed by atoms with Crippen molar-refractivity contribution in [3.8, 4) is 6.07 Å². The SMILES string of the molecule is CC(CBr)(CBr)NC(=O)c1ccc(C#N)cc1. The van der Waals surface area contributed by atoms with E-state index in [9.17, 15) is 4.79 Å². The summed E-state index contributed by atoms with van der Waals surface area (Å²) in [6, 6.07) is 8.58. The van der Waals surface area contributed by atoms with Gasteiger partial charge in [-0.1, -0.05) is 31.9 Å². The summed E-state index contributed by atoms with van der Waals surface area (Å²) in [5, 5.41) is 12.9. The predicted molar refractivity (Wildman–Crippen MR) is 74.6 cm³/mol. The molecule has 1 amide bonds. The smallest absolute Gasteiger partial charge is 0.251 e. The zero-order chi connectivity index (χ0) is 12.9. The summed E-state index contributed by atoms with van der Waals surface area (Å²) in [6.07, 6.45) is 0. The molecule has 0 heterocycles. The van der Waals surface area contributed by atoms with Gasteiger partial charge < -0.3 is 5.32 Å². The third-order valence-corrected chi connectivity index (χ3v) is 4.76. The molecule has 0 saturated carbocycles. The monoisotopic (exact) mass is 358 g/mol. The van der Waals surface area contributed by atoms with Crippen LogP contribution in [-0.2, 0) is 0 Å². The van der Waals surface area contributed by atoms with Gasteiger partial charge in [0.05, 0.1) is 17.2 Å². The molecular formula is C12H12Br2N2O. The van der Waals surface area contributed by atoms with Gasteiger partial charge >= 0.3 is 0 Å². The van der Waals surface area contributed by atoms with E-state index in [2.05, 4.69) is 37.2 Å². The van der Waals surface area contributed by atoms with Crippen molar-refractivity contribution in [1.82, 2.24) is 5.32 Å². The molecule has 0 radical (unpaired) electrons. The van der Waals surface area contributed by atoms with Crippen LogP contribution in [0.5, 0.6) is 0 Å². The fourth-order valence-corrected chi connectivity index (χ4v) is 2.35. The van der Waals surface area contributed by atoms with Gasteiger partial charge in [0, 0.05) is 16.2 Å². The van der Waals surface area contributed by atoms with Crippen LogP contribution in [0.15, 0.2) is 24.3 Å². The largest absolute Gasteiger partial charge is 0.345 e. The van der Waals surface area contributed by atoms with E-state index in [4.69, 9.17) is 5.26 Å². The zero-order valence-corrected chi connectivity index (χ0v) is 12.5. The Kier molecular flexibility index (Phi) is 5.16. The minimum atomic E-state index is -0.328. The number of halogens is 2. The summed E-state index contributed by atoms with van der Waals surface area (Å²) in [7, 11) is 0. The maximum Gasteiger partial charge on any atom is 0.251 e. The van der Waals surface area contributed by atoms with Gasteiger partial charge in [0.15, 0.2) is 0 Å². The number of hydrogen-bond acceptors (Lipinski definition) is 2. The number of nitrogens with one attached hydrogen (secondary N) is 1. The molecule has 90 valence electrons. The fraction of sp³-hybridized carbons (Fsp3) is 0.333. The third kappa shape index (κ3) is 3.83. The molecule has 1 rings (SSSR count). The molecule has 0 fully saturated rings. The summed E-state index contributed by atoms with van der Waals surface area (Å²) in [6.45, 7) is 1.94. The Labute approximate surface area is 117 Å². The molecule has 0 spiro atoms. The molecule has 0 aliphatic heterocycles. The van der Waals surface area contributed by atoms with E-state index in [0.29, 0.717) is 21.8 Å². The van der Waals surface area contributed by atoms with Crippen LogP contribution >= 0.6 is 31.9 Å². The Balaban J connectivity index is 2.80. The number of rotatable bonds is 4. The van der Waals surface area contributed by atoms with Crippen LogP contribution in [0.4, 0.5) is 0 Å². The highest BCUT2D eigenvalue weighted by Crippen LogP contribution is 2.13. The van der Waals surface area contributed by atoms with Crippen molar-refractivity contribution in [3.05, 3.63) is 35.4 Å². The highest BCUT2D eigenvalue weighted by molar-refractivity contribution is 9.09. The van der Waals surface area contributed by atoms with Crippen molar-refractivity contribution in [2.75, 3.05) is 10.7 Å². The average molecular weight is 360 g/mol. The van der Waals surface area contributed by atoms with E-state index < -0.39 is 0 Å². The molecule has 1 aromatic rings. The first-order valence-electron chi connectivity index (χ1n) is 4.99. The zero-order valence-electron chi connectivity index (χ0n) is 9.34. The van der Waals surface area contributed by atoms with E-state index in [0.717, 1.165) is 0 Å². The molecule has 0 aliphatic rings. The summed E-state index contributed by atoms with van der Waals surface area (Å²) >= 11 is 6.74. The lowest BCUT2D eigenvalue weighted by Gasteiger charge is -2.26. The summed E-state index contributed by atoms with van der Waals surface area (Å²) < 4.78 is 0. The van der Waals surface area contributed by atoms with Crippen LogP contribution in [-0.4, -0.2) is 22.1 Å². The number of carbonyl (C=O) groups excluding carboxylic acids is 1. The third-order valence-electron chi connectivity index (χ3n) is 2.28. The van der Waals surface area contributed by atoms with Crippen LogP contribution < -0.4 is 5.32 Å². The molecular weight excluding hydrogens is 348 g/mol. The molecule has 17 heavy (non-hydrogen) atoms. The molecule has 1 N–H and O–H groups in total. The topological polar surface area (TPSA) is 52.9 Å². The van der Waals surface area contributed by atoms with Crippen molar-refractivity contribution in [2.24, 2.45) is 0 Å². The van der Waals surface area contributed by atoms with Gasteiger partial charge in [-0.05, 0) is 31.2 Å². The van der Waals surface area contributed by atoms with E-state index in [-0.39, 0.29) is 11.4 Å². The average Bonchev–Trinajstić information content (AvgIpc) is 2.38. The normalized spacial score (nSPS) is 10.7. The number of amides is 1. The first-order chi connectivity index (χ1) is 8.04. The fourth-order valence-electron chi connectivity index (χ4n) is 1.14. The van der Waals surface area contributed by atoms with Gasteiger partial charge in [-0.3, -0.25) is 4.79 Å². The molecule has 0 aliphatic carbocycles. The Bertz CT molecular complexity index is 433. The quantitative estimate of drug-likeness (QED) is 0.840. The van der Waals surface area contributed by atoms with Crippen LogP contribution in [0.3, 0.4) is 0 Å². The van der Waals surface area contributed by atoms with Crippen molar-refractivity contribution in [1.29, 1.82) is 5.26 Å². The van der Waals surface area contributed by atoms with Crippen LogP contribution in [0, 0.1) is 11.3 Å². The number of hydrogen-bond donors (Lipinski definition) is 1. The maximum absolute atomic E-state index is 11.9. The molecule has 0 atom stereocenters. The minimum absolute atomic E-state index is 0.143. The standard InChI is InChI=1S/C12H12Br2N2O/c1-12(7-13,8-14)16-11(17)10-4-2-9(6-15)3-5-10/h2-5H,7-8H2,1H3,(H,16,17). The second kappa shape index (κ2) is 6.18. The first kappa shape index (κ1) is 14.2. The highest BCUT2D eigenvalue weighted by atomic mass is 79.9. The molecule has 0 bridgehead atoms.